The summed E-state index contributed by atoms with van der Waals surface area (Å²) in [6.07, 6.45) is 4.50. The molecular formula is C18H23N5O. The van der Waals surface area contributed by atoms with Crippen LogP contribution < -0.4 is 10.2 Å². The molecule has 1 fully saturated rings. The van der Waals surface area contributed by atoms with Crippen LogP contribution in [0.25, 0.3) is 11.5 Å². The van der Waals surface area contributed by atoms with Crippen LogP contribution in [0.5, 0.6) is 0 Å². The molecule has 3 rings (SSSR count). The van der Waals surface area contributed by atoms with Gasteiger partial charge in [-0.25, -0.2) is 9.97 Å². The van der Waals surface area contributed by atoms with Crippen LogP contribution in [0.4, 0.5) is 5.82 Å². The van der Waals surface area contributed by atoms with Gasteiger partial charge < -0.3 is 10.2 Å². The van der Waals surface area contributed by atoms with Crippen molar-refractivity contribution in [3.63, 3.8) is 0 Å². The highest BCUT2D eigenvalue weighted by Crippen LogP contribution is 2.24. The minimum absolute atomic E-state index is 0.0158. The minimum Gasteiger partial charge on any atom is -0.359 e. The van der Waals surface area contributed by atoms with Gasteiger partial charge in [-0.15, -0.1) is 0 Å². The van der Waals surface area contributed by atoms with Crippen LogP contribution in [0.15, 0.2) is 30.5 Å². The Morgan fingerprint density at radius 1 is 1.38 bits per heavy atom. The topological polar surface area (TPSA) is 71.0 Å². The number of hydrogen-bond acceptors (Lipinski definition) is 5. The first-order chi connectivity index (χ1) is 11.7. The van der Waals surface area contributed by atoms with Crippen molar-refractivity contribution in [2.75, 3.05) is 25.0 Å². The van der Waals surface area contributed by atoms with Crippen LogP contribution in [0.2, 0.25) is 0 Å². The van der Waals surface area contributed by atoms with Gasteiger partial charge >= 0.3 is 0 Å². The average molecular weight is 325 g/mol. The SMILES string of the molecule is CCc1cc(N2CCCC(C(=O)NC)C2)nc(-c2ccccn2)n1. The van der Waals surface area contributed by atoms with E-state index in [1.807, 2.05) is 24.3 Å². The van der Waals surface area contributed by atoms with Gasteiger partial charge in [-0.05, 0) is 31.4 Å². The van der Waals surface area contributed by atoms with E-state index < -0.39 is 0 Å². The molecule has 1 saturated heterocycles. The van der Waals surface area contributed by atoms with E-state index >= 15 is 0 Å². The molecule has 24 heavy (non-hydrogen) atoms. The Morgan fingerprint density at radius 2 is 2.25 bits per heavy atom. The first-order valence-corrected chi connectivity index (χ1v) is 8.47. The zero-order chi connectivity index (χ0) is 16.9. The maximum Gasteiger partial charge on any atom is 0.224 e. The zero-order valence-electron chi connectivity index (χ0n) is 14.2. The van der Waals surface area contributed by atoms with Crippen LogP contribution in [-0.2, 0) is 11.2 Å². The molecule has 1 amide bonds. The summed E-state index contributed by atoms with van der Waals surface area (Å²) in [4.78, 5) is 27.8. The van der Waals surface area contributed by atoms with Crippen LogP contribution in [-0.4, -0.2) is 41.0 Å². The number of piperidine rings is 1. The fourth-order valence-electron chi connectivity index (χ4n) is 3.04. The largest absolute Gasteiger partial charge is 0.359 e. The summed E-state index contributed by atoms with van der Waals surface area (Å²) in [5.41, 5.74) is 1.76. The van der Waals surface area contributed by atoms with E-state index in [1.165, 1.54) is 0 Å². The quantitative estimate of drug-likeness (QED) is 0.932. The van der Waals surface area contributed by atoms with E-state index in [2.05, 4.69) is 27.1 Å². The van der Waals surface area contributed by atoms with Crippen molar-refractivity contribution in [1.82, 2.24) is 20.3 Å². The molecule has 6 nitrogen and oxygen atoms in total. The number of aryl methyl sites for hydroxylation is 1. The van der Waals surface area contributed by atoms with Gasteiger partial charge in [-0.2, -0.15) is 0 Å². The molecule has 1 atom stereocenters. The third-order valence-electron chi connectivity index (χ3n) is 4.38. The van der Waals surface area contributed by atoms with Crippen LogP contribution in [0.1, 0.15) is 25.5 Å². The molecule has 126 valence electrons. The minimum atomic E-state index is 0.0158. The number of carbonyl (C=O) groups is 1. The zero-order valence-corrected chi connectivity index (χ0v) is 14.2. The molecule has 6 heteroatoms. The molecule has 0 radical (unpaired) electrons. The Kier molecular flexibility index (Phi) is 5.03. The van der Waals surface area contributed by atoms with Crippen LogP contribution >= 0.6 is 0 Å². The number of hydrogen-bond donors (Lipinski definition) is 1. The van der Waals surface area contributed by atoms with Crippen molar-refractivity contribution in [3.8, 4) is 11.5 Å². The maximum atomic E-state index is 12.0. The molecule has 1 N–H and O–H groups in total. The lowest BCUT2D eigenvalue weighted by atomic mass is 9.97. The molecule has 1 aliphatic heterocycles. The van der Waals surface area contributed by atoms with Crippen molar-refractivity contribution in [2.24, 2.45) is 5.92 Å². The number of amides is 1. The predicted molar refractivity (Wildman–Crippen MR) is 93.6 cm³/mol. The fourth-order valence-corrected chi connectivity index (χ4v) is 3.04. The Hall–Kier alpha value is -2.50. The summed E-state index contributed by atoms with van der Waals surface area (Å²) in [6.45, 7) is 3.69. The third-order valence-corrected chi connectivity index (χ3v) is 4.38. The lowest BCUT2D eigenvalue weighted by molar-refractivity contribution is -0.124. The lowest BCUT2D eigenvalue weighted by Gasteiger charge is -2.33. The second kappa shape index (κ2) is 7.38. The van der Waals surface area contributed by atoms with Gasteiger partial charge in [0.15, 0.2) is 5.82 Å². The van der Waals surface area contributed by atoms with Gasteiger partial charge in [-0.3, -0.25) is 9.78 Å². The van der Waals surface area contributed by atoms with E-state index in [0.29, 0.717) is 12.4 Å². The second-order valence-corrected chi connectivity index (χ2v) is 6.01. The van der Waals surface area contributed by atoms with Gasteiger partial charge in [0.2, 0.25) is 5.91 Å². The maximum absolute atomic E-state index is 12.0. The summed E-state index contributed by atoms with van der Waals surface area (Å²) in [5, 5.41) is 2.76. The summed E-state index contributed by atoms with van der Waals surface area (Å²) in [7, 11) is 1.69. The smallest absolute Gasteiger partial charge is 0.224 e. The van der Waals surface area contributed by atoms with E-state index in [0.717, 1.165) is 43.0 Å². The molecular weight excluding hydrogens is 302 g/mol. The van der Waals surface area contributed by atoms with Crippen molar-refractivity contribution in [1.29, 1.82) is 0 Å². The van der Waals surface area contributed by atoms with E-state index in [4.69, 9.17) is 4.98 Å². The van der Waals surface area contributed by atoms with Crippen LogP contribution in [0, 0.1) is 5.92 Å². The van der Waals surface area contributed by atoms with Crippen molar-refractivity contribution in [2.45, 2.75) is 26.2 Å². The summed E-state index contributed by atoms with van der Waals surface area (Å²) in [6, 6.07) is 7.76. The molecule has 0 aliphatic carbocycles. The van der Waals surface area contributed by atoms with Crippen molar-refractivity contribution in [3.05, 3.63) is 36.2 Å². The Morgan fingerprint density at radius 3 is 2.96 bits per heavy atom. The molecule has 0 spiro atoms. The Bertz CT molecular complexity index is 704. The monoisotopic (exact) mass is 325 g/mol. The second-order valence-electron chi connectivity index (χ2n) is 6.01. The number of carbonyl (C=O) groups excluding carboxylic acids is 1. The first kappa shape index (κ1) is 16.4. The molecule has 2 aromatic heterocycles. The van der Waals surface area contributed by atoms with Gasteiger partial charge in [0.1, 0.15) is 11.5 Å². The van der Waals surface area contributed by atoms with E-state index in [1.54, 1.807) is 13.2 Å². The normalized spacial score (nSPS) is 17.6. The van der Waals surface area contributed by atoms with Gasteiger partial charge in [0.05, 0.1) is 5.92 Å². The molecule has 3 heterocycles. The van der Waals surface area contributed by atoms with Crippen molar-refractivity contribution >= 4 is 11.7 Å². The fraction of sp³-hybridized carbons (Fsp3) is 0.444. The number of aromatic nitrogens is 3. The summed E-state index contributed by atoms with van der Waals surface area (Å²) < 4.78 is 0. The number of pyridine rings is 1. The molecule has 0 saturated carbocycles. The first-order valence-electron chi connectivity index (χ1n) is 8.47. The van der Waals surface area contributed by atoms with E-state index in [-0.39, 0.29) is 11.8 Å². The molecule has 0 aromatic carbocycles. The number of nitrogens with one attached hydrogen (secondary N) is 1. The molecule has 2 aromatic rings. The van der Waals surface area contributed by atoms with Gasteiger partial charge in [-0.1, -0.05) is 13.0 Å². The highest BCUT2D eigenvalue weighted by molar-refractivity contribution is 5.79. The molecule has 0 bridgehead atoms. The summed E-state index contributed by atoms with van der Waals surface area (Å²) in [5.74, 6) is 1.65. The number of rotatable bonds is 4. The summed E-state index contributed by atoms with van der Waals surface area (Å²) >= 11 is 0. The molecule has 1 unspecified atom stereocenters. The highest BCUT2D eigenvalue weighted by Gasteiger charge is 2.26. The van der Waals surface area contributed by atoms with Gasteiger partial charge in [0, 0.05) is 38.1 Å². The Balaban J connectivity index is 1.91. The van der Waals surface area contributed by atoms with Crippen molar-refractivity contribution < 1.29 is 4.79 Å². The number of nitrogens with zero attached hydrogens (tertiary/aromatic N) is 4. The Labute approximate surface area is 142 Å². The predicted octanol–water partition coefficient (Wildman–Crippen LogP) is 2.06. The standard InChI is InChI=1S/C18H23N5O/c1-3-14-11-16(22-17(21-14)15-8-4-5-9-20-15)23-10-6-7-13(12-23)18(24)19-2/h4-5,8-9,11,13H,3,6-7,10,12H2,1-2H3,(H,19,24). The van der Waals surface area contributed by atoms with E-state index in [9.17, 15) is 4.79 Å². The number of anilines is 1. The van der Waals surface area contributed by atoms with Gasteiger partial charge in [0.25, 0.3) is 0 Å². The molecule has 1 aliphatic rings. The lowest BCUT2D eigenvalue weighted by Crippen LogP contribution is -2.42. The average Bonchev–Trinajstić information content (AvgIpc) is 2.67. The van der Waals surface area contributed by atoms with Crippen LogP contribution in [0.3, 0.4) is 0 Å². The highest BCUT2D eigenvalue weighted by atomic mass is 16.1. The third kappa shape index (κ3) is 3.53.